The monoisotopic (exact) mass is 361 g/mol. The number of benzene rings is 1. The lowest BCUT2D eigenvalue weighted by Crippen LogP contribution is -2.41. The Morgan fingerprint density at radius 1 is 1.25 bits per heavy atom. The maximum Gasteiger partial charge on any atom is 0.456 e. The van der Waals surface area contributed by atoms with E-state index in [1.54, 1.807) is 0 Å². The van der Waals surface area contributed by atoms with Crippen molar-refractivity contribution in [3.63, 3.8) is 0 Å². The van der Waals surface area contributed by atoms with Gasteiger partial charge in [0.2, 0.25) is 5.91 Å². The second-order valence-electron chi connectivity index (χ2n) is 3.90. The molecule has 0 spiro atoms. The Morgan fingerprint density at radius 3 is 2.30 bits per heavy atom. The first-order valence-electron chi connectivity index (χ1n) is 5.17. The van der Waals surface area contributed by atoms with Crippen LogP contribution in [0.5, 0.6) is 5.75 Å². The molecule has 0 radical (unpaired) electrons. The van der Waals surface area contributed by atoms with E-state index in [-0.39, 0.29) is 16.6 Å². The Labute approximate surface area is 119 Å². The molecule has 0 unspecified atom stereocenters. The number of ether oxygens (including phenoxy) is 1. The van der Waals surface area contributed by atoms with Crippen LogP contribution < -0.4 is 10.5 Å². The van der Waals surface area contributed by atoms with Crippen molar-refractivity contribution in [3.8, 4) is 5.75 Å². The summed E-state index contributed by atoms with van der Waals surface area (Å²) in [5.74, 6) is -5.74. The van der Waals surface area contributed by atoms with Crippen molar-refractivity contribution in [2.75, 3.05) is 6.61 Å². The molecule has 1 rings (SSSR count). The molecule has 0 saturated carbocycles. The molecule has 20 heavy (non-hydrogen) atoms. The third-order valence-corrected chi connectivity index (χ3v) is 2.82. The van der Waals surface area contributed by atoms with Gasteiger partial charge in [-0.25, -0.2) is 0 Å². The Balaban J connectivity index is 2.77. The second-order valence-corrected chi connectivity index (χ2v) is 4.75. The number of carbonyl (C=O) groups is 1. The number of amides is 1. The summed E-state index contributed by atoms with van der Waals surface area (Å²) in [6, 6.07) is 3.87. The normalized spacial score (nSPS) is 12.3. The fourth-order valence-corrected chi connectivity index (χ4v) is 1.76. The van der Waals surface area contributed by atoms with E-state index in [0.29, 0.717) is 5.56 Å². The lowest BCUT2D eigenvalue weighted by molar-refractivity contribution is -0.290. The van der Waals surface area contributed by atoms with Crippen molar-refractivity contribution in [2.45, 2.75) is 18.5 Å². The molecule has 1 aromatic carbocycles. The van der Waals surface area contributed by atoms with E-state index < -0.39 is 24.6 Å². The fraction of sp³-hybridized carbons (Fsp3) is 0.364. The van der Waals surface area contributed by atoms with Gasteiger partial charge in [-0.2, -0.15) is 22.0 Å². The average molecular weight is 362 g/mol. The molecular formula is C11H9BrF5NO2. The molecule has 112 valence electrons. The van der Waals surface area contributed by atoms with Gasteiger partial charge in [0.15, 0.2) is 6.61 Å². The first-order valence-corrected chi connectivity index (χ1v) is 5.96. The number of hydrogen-bond donors (Lipinski definition) is 1. The van der Waals surface area contributed by atoms with E-state index in [0.717, 1.165) is 0 Å². The quantitative estimate of drug-likeness (QED) is 0.819. The molecule has 0 aliphatic rings. The summed E-state index contributed by atoms with van der Waals surface area (Å²) in [6.45, 7) is -1.83. The van der Waals surface area contributed by atoms with E-state index in [1.165, 1.54) is 18.2 Å². The molecule has 0 saturated heterocycles. The first-order chi connectivity index (χ1) is 9.03. The van der Waals surface area contributed by atoms with Crippen LogP contribution in [0.4, 0.5) is 22.0 Å². The van der Waals surface area contributed by atoms with Gasteiger partial charge < -0.3 is 10.5 Å². The highest BCUT2D eigenvalue weighted by Gasteiger charge is 2.58. The van der Waals surface area contributed by atoms with Crippen LogP contribution in [0, 0.1) is 0 Å². The number of rotatable bonds is 5. The predicted octanol–water partition coefficient (Wildman–Crippen LogP) is 3.05. The predicted molar refractivity (Wildman–Crippen MR) is 63.5 cm³/mol. The number of alkyl halides is 5. The number of hydrogen-bond acceptors (Lipinski definition) is 2. The summed E-state index contributed by atoms with van der Waals surface area (Å²) in [6.07, 6.45) is -5.76. The van der Waals surface area contributed by atoms with Gasteiger partial charge in [0.25, 0.3) is 0 Å². The molecular weight excluding hydrogens is 353 g/mol. The van der Waals surface area contributed by atoms with Crippen molar-refractivity contribution in [1.82, 2.24) is 0 Å². The molecule has 0 fully saturated rings. The standard InChI is InChI=1S/C11H9BrF5NO2/c12-7-3-6(4-9(18)19)1-2-8(7)20-5-10(13,14)11(15,16)17/h1-3H,4-5H2,(H2,18,19). The number of carbonyl (C=O) groups excluding carboxylic acids is 1. The van der Waals surface area contributed by atoms with E-state index in [2.05, 4.69) is 20.7 Å². The van der Waals surface area contributed by atoms with Gasteiger partial charge in [-0.1, -0.05) is 6.07 Å². The van der Waals surface area contributed by atoms with Crippen LogP contribution in [0.25, 0.3) is 0 Å². The van der Waals surface area contributed by atoms with Gasteiger partial charge in [0.05, 0.1) is 10.9 Å². The summed E-state index contributed by atoms with van der Waals surface area (Å²) < 4.78 is 65.8. The van der Waals surface area contributed by atoms with Crippen LogP contribution in [0.2, 0.25) is 0 Å². The van der Waals surface area contributed by atoms with Crippen LogP contribution in [0.1, 0.15) is 5.56 Å². The SMILES string of the molecule is NC(=O)Cc1ccc(OCC(F)(F)C(F)(F)F)c(Br)c1. The van der Waals surface area contributed by atoms with Crippen LogP contribution >= 0.6 is 15.9 Å². The Kier molecular flexibility index (Phi) is 4.95. The summed E-state index contributed by atoms with van der Waals surface area (Å²) in [5, 5.41) is 0. The van der Waals surface area contributed by atoms with Crippen LogP contribution in [-0.2, 0) is 11.2 Å². The van der Waals surface area contributed by atoms with E-state index >= 15 is 0 Å². The molecule has 1 amide bonds. The van der Waals surface area contributed by atoms with Crippen molar-refractivity contribution >= 4 is 21.8 Å². The Bertz CT molecular complexity index is 504. The topological polar surface area (TPSA) is 52.3 Å². The zero-order valence-electron chi connectivity index (χ0n) is 9.81. The van der Waals surface area contributed by atoms with Crippen LogP contribution in [0.3, 0.4) is 0 Å². The van der Waals surface area contributed by atoms with Crippen molar-refractivity contribution in [1.29, 1.82) is 0 Å². The highest BCUT2D eigenvalue weighted by molar-refractivity contribution is 9.10. The zero-order valence-corrected chi connectivity index (χ0v) is 11.4. The molecule has 0 heterocycles. The highest BCUT2D eigenvalue weighted by Crippen LogP contribution is 2.36. The fourth-order valence-electron chi connectivity index (χ4n) is 1.22. The van der Waals surface area contributed by atoms with Gasteiger partial charge in [-0.15, -0.1) is 0 Å². The summed E-state index contributed by atoms with van der Waals surface area (Å²) in [7, 11) is 0. The number of nitrogens with two attached hydrogens (primary N) is 1. The van der Waals surface area contributed by atoms with Gasteiger partial charge in [-0.3, -0.25) is 4.79 Å². The average Bonchev–Trinajstić information content (AvgIpc) is 2.25. The molecule has 2 N–H and O–H groups in total. The molecule has 0 aromatic heterocycles. The molecule has 1 aromatic rings. The summed E-state index contributed by atoms with van der Waals surface area (Å²) in [5.41, 5.74) is 5.44. The Hall–Kier alpha value is -1.38. The highest BCUT2D eigenvalue weighted by atomic mass is 79.9. The third kappa shape index (κ3) is 4.32. The maximum absolute atomic E-state index is 12.7. The van der Waals surface area contributed by atoms with Gasteiger partial charge in [0, 0.05) is 0 Å². The van der Waals surface area contributed by atoms with E-state index in [1.807, 2.05) is 0 Å². The minimum absolute atomic E-state index is 0.0857. The molecule has 0 aliphatic carbocycles. The second kappa shape index (κ2) is 5.94. The van der Waals surface area contributed by atoms with Gasteiger partial charge >= 0.3 is 12.1 Å². The molecule has 0 bridgehead atoms. The van der Waals surface area contributed by atoms with E-state index in [4.69, 9.17) is 5.73 Å². The van der Waals surface area contributed by atoms with Crippen molar-refractivity contribution in [3.05, 3.63) is 28.2 Å². The third-order valence-electron chi connectivity index (χ3n) is 2.20. The van der Waals surface area contributed by atoms with Crippen molar-refractivity contribution in [2.24, 2.45) is 5.73 Å². The van der Waals surface area contributed by atoms with Crippen molar-refractivity contribution < 1.29 is 31.5 Å². The van der Waals surface area contributed by atoms with Gasteiger partial charge in [-0.05, 0) is 33.6 Å². The first kappa shape index (κ1) is 16.7. The number of halogens is 6. The molecule has 0 aliphatic heterocycles. The zero-order chi connectivity index (χ0) is 15.6. The smallest absolute Gasteiger partial charge is 0.456 e. The molecule has 0 atom stereocenters. The maximum atomic E-state index is 12.7. The Morgan fingerprint density at radius 2 is 1.85 bits per heavy atom. The minimum Gasteiger partial charge on any atom is -0.486 e. The summed E-state index contributed by atoms with van der Waals surface area (Å²) in [4.78, 5) is 10.7. The molecule has 3 nitrogen and oxygen atoms in total. The van der Waals surface area contributed by atoms with E-state index in [9.17, 15) is 26.7 Å². The lowest BCUT2D eigenvalue weighted by atomic mass is 10.1. The minimum atomic E-state index is -5.68. The number of primary amides is 1. The molecule has 9 heteroatoms. The van der Waals surface area contributed by atoms with Crippen LogP contribution in [0.15, 0.2) is 22.7 Å². The summed E-state index contributed by atoms with van der Waals surface area (Å²) >= 11 is 2.95. The largest absolute Gasteiger partial charge is 0.486 e. The lowest BCUT2D eigenvalue weighted by Gasteiger charge is -2.20. The van der Waals surface area contributed by atoms with Gasteiger partial charge in [0.1, 0.15) is 5.75 Å². The van der Waals surface area contributed by atoms with Crippen LogP contribution in [-0.4, -0.2) is 24.6 Å².